The zero-order chi connectivity index (χ0) is 18.5. The molecule has 126 valence electrons. The largest absolute Gasteiger partial charge is 0.195 e. The number of nitrogens with zero attached hydrogens (tertiary/aromatic N) is 1. The van der Waals surface area contributed by atoms with Gasteiger partial charge in [-0.2, -0.15) is 4.99 Å². The molecule has 3 aromatic rings. The number of hydrogen-bond acceptors (Lipinski definition) is 2. The lowest BCUT2D eigenvalue weighted by Crippen LogP contribution is -1.83. The number of hydrogen-bond donors (Lipinski definition) is 0. The third-order valence-corrected chi connectivity index (χ3v) is 4.47. The number of thiocarbonyl (C=S) groups is 1. The zero-order valence-electron chi connectivity index (χ0n) is 13.9. The molecule has 0 N–H and O–H groups in total. The SMILES string of the molecule is Cc1ccc(C#Cc2ccc(-c3c(Cl)cc(N=C=S)cc3Cl)cc2)cc1. The van der Waals surface area contributed by atoms with Gasteiger partial charge in [-0.25, -0.2) is 0 Å². The molecule has 26 heavy (non-hydrogen) atoms. The molecule has 0 bridgehead atoms. The van der Waals surface area contributed by atoms with E-state index in [4.69, 9.17) is 23.2 Å². The lowest BCUT2D eigenvalue weighted by molar-refractivity contribution is 1.46. The summed E-state index contributed by atoms with van der Waals surface area (Å²) in [6, 6.07) is 19.4. The van der Waals surface area contributed by atoms with Gasteiger partial charge in [-0.1, -0.05) is 64.9 Å². The third kappa shape index (κ3) is 4.41. The molecular formula is C22H13Cl2NS. The predicted octanol–water partition coefficient (Wildman–Crippen LogP) is 7.10. The van der Waals surface area contributed by atoms with Crippen LogP contribution in [0.3, 0.4) is 0 Å². The highest BCUT2D eigenvalue weighted by Gasteiger charge is 2.10. The number of aliphatic imine (C=N–C) groups is 1. The van der Waals surface area contributed by atoms with E-state index in [1.165, 1.54) is 5.56 Å². The Bertz CT molecular complexity index is 1030. The molecule has 0 aromatic heterocycles. The van der Waals surface area contributed by atoms with Crippen LogP contribution in [0.5, 0.6) is 0 Å². The van der Waals surface area contributed by atoms with Crippen LogP contribution in [0.2, 0.25) is 10.0 Å². The van der Waals surface area contributed by atoms with Gasteiger partial charge in [-0.05, 0) is 61.1 Å². The van der Waals surface area contributed by atoms with Crippen molar-refractivity contribution in [2.45, 2.75) is 6.92 Å². The van der Waals surface area contributed by atoms with Crippen molar-refractivity contribution in [1.82, 2.24) is 0 Å². The summed E-state index contributed by atoms with van der Waals surface area (Å²) in [5.74, 6) is 6.32. The Balaban J connectivity index is 1.89. The van der Waals surface area contributed by atoms with E-state index in [2.05, 4.69) is 53.3 Å². The average Bonchev–Trinajstić information content (AvgIpc) is 2.62. The van der Waals surface area contributed by atoms with Gasteiger partial charge >= 0.3 is 0 Å². The van der Waals surface area contributed by atoms with Crippen LogP contribution in [-0.2, 0) is 0 Å². The summed E-state index contributed by atoms with van der Waals surface area (Å²) in [5.41, 5.74) is 5.38. The summed E-state index contributed by atoms with van der Waals surface area (Å²) in [5, 5.41) is 3.34. The highest BCUT2D eigenvalue weighted by molar-refractivity contribution is 7.78. The molecule has 0 aliphatic carbocycles. The minimum absolute atomic E-state index is 0.514. The van der Waals surface area contributed by atoms with E-state index in [1.54, 1.807) is 12.1 Å². The molecule has 1 nitrogen and oxygen atoms in total. The first-order valence-corrected chi connectivity index (χ1v) is 8.99. The van der Waals surface area contributed by atoms with Crippen molar-refractivity contribution in [1.29, 1.82) is 0 Å². The van der Waals surface area contributed by atoms with Gasteiger partial charge in [-0.15, -0.1) is 0 Å². The van der Waals surface area contributed by atoms with Crippen LogP contribution in [0.25, 0.3) is 11.1 Å². The van der Waals surface area contributed by atoms with E-state index >= 15 is 0 Å². The van der Waals surface area contributed by atoms with Crippen LogP contribution < -0.4 is 0 Å². The summed E-state index contributed by atoms with van der Waals surface area (Å²) >= 11 is 17.3. The molecule has 0 radical (unpaired) electrons. The van der Waals surface area contributed by atoms with Crippen LogP contribution in [0.1, 0.15) is 16.7 Å². The van der Waals surface area contributed by atoms with Gasteiger partial charge in [0, 0.05) is 16.7 Å². The third-order valence-electron chi connectivity index (χ3n) is 3.78. The average molecular weight is 394 g/mol. The smallest absolute Gasteiger partial charge is 0.0769 e. The maximum atomic E-state index is 6.36. The summed E-state index contributed by atoms with van der Waals surface area (Å²) in [4.78, 5) is 3.91. The van der Waals surface area contributed by atoms with Crippen molar-refractivity contribution in [3.63, 3.8) is 0 Å². The summed E-state index contributed by atoms with van der Waals surface area (Å²) in [6.07, 6.45) is 0. The number of rotatable bonds is 2. The van der Waals surface area contributed by atoms with E-state index in [9.17, 15) is 0 Å². The fraction of sp³-hybridized carbons (Fsp3) is 0.0455. The highest BCUT2D eigenvalue weighted by Crippen LogP contribution is 2.38. The minimum atomic E-state index is 0.514. The normalized spacial score (nSPS) is 9.81. The first-order valence-electron chi connectivity index (χ1n) is 7.83. The van der Waals surface area contributed by atoms with Gasteiger partial charge in [0.25, 0.3) is 0 Å². The Morgan fingerprint density at radius 1 is 0.808 bits per heavy atom. The van der Waals surface area contributed by atoms with Gasteiger partial charge < -0.3 is 0 Å². The van der Waals surface area contributed by atoms with Gasteiger partial charge in [0.2, 0.25) is 0 Å². The molecule has 0 aliphatic rings. The fourth-order valence-corrected chi connectivity index (χ4v) is 3.25. The quantitative estimate of drug-likeness (QED) is 0.256. The van der Waals surface area contributed by atoms with Gasteiger partial charge in [0.1, 0.15) is 0 Å². The molecule has 0 saturated heterocycles. The standard InChI is InChI=1S/C22H13Cl2NS/c1-15-2-4-16(5-3-15)6-7-17-8-10-18(11-9-17)22-20(23)12-19(25-14-26)13-21(22)24/h2-5,8-13H,1H3. The van der Waals surface area contributed by atoms with Crippen LogP contribution >= 0.6 is 35.4 Å². The Kier molecular flexibility index (Phi) is 5.89. The number of halogens is 2. The molecule has 0 amide bonds. The Hall–Kier alpha value is -2.40. The minimum Gasteiger partial charge on any atom is -0.195 e. The van der Waals surface area contributed by atoms with Gasteiger partial charge in [0.05, 0.1) is 20.9 Å². The van der Waals surface area contributed by atoms with Crippen molar-refractivity contribution in [3.05, 3.63) is 87.4 Å². The Morgan fingerprint density at radius 2 is 1.31 bits per heavy atom. The maximum Gasteiger partial charge on any atom is 0.0769 e. The first-order chi connectivity index (χ1) is 12.6. The molecule has 0 saturated carbocycles. The Morgan fingerprint density at radius 3 is 1.81 bits per heavy atom. The number of isothiocyanates is 1. The Labute approximate surface area is 168 Å². The predicted molar refractivity (Wildman–Crippen MR) is 114 cm³/mol. The highest BCUT2D eigenvalue weighted by atomic mass is 35.5. The second kappa shape index (κ2) is 8.32. The molecule has 0 atom stereocenters. The van der Waals surface area contributed by atoms with Crippen LogP contribution in [0.4, 0.5) is 5.69 Å². The molecule has 0 heterocycles. The zero-order valence-corrected chi connectivity index (χ0v) is 16.2. The number of aryl methyl sites for hydroxylation is 1. The van der Waals surface area contributed by atoms with Crippen molar-refractivity contribution in [3.8, 4) is 23.0 Å². The summed E-state index contributed by atoms with van der Waals surface area (Å²) < 4.78 is 0. The molecular weight excluding hydrogens is 381 g/mol. The maximum absolute atomic E-state index is 6.36. The first kappa shape index (κ1) is 18.4. The summed E-state index contributed by atoms with van der Waals surface area (Å²) in [7, 11) is 0. The van der Waals surface area contributed by atoms with E-state index < -0.39 is 0 Å². The second-order valence-electron chi connectivity index (χ2n) is 5.68. The molecule has 0 fully saturated rings. The van der Waals surface area contributed by atoms with Crippen LogP contribution in [0, 0.1) is 18.8 Å². The molecule has 0 aliphatic heterocycles. The molecule has 0 spiro atoms. The molecule has 0 unspecified atom stereocenters. The van der Waals surface area contributed by atoms with E-state index in [0.29, 0.717) is 15.7 Å². The van der Waals surface area contributed by atoms with Gasteiger partial charge in [0.15, 0.2) is 0 Å². The van der Waals surface area contributed by atoms with Crippen molar-refractivity contribution in [2.75, 3.05) is 0 Å². The number of benzene rings is 3. The van der Waals surface area contributed by atoms with Crippen LogP contribution in [-0.4, -0.2) is 5.16 Å². The fourth-order valence-electron chi connectivity index (χ4n) is 2.45. The van der Waals surface area contributed by atoms with Crippen LogP contribution in [0.15, 0.2) is 65.7 Å². The monoisotopic (exact) mass is 393 g/mol. The lowest BCUT2D eigenvalue weighted by Gasteiger charge is -2.08. The molecule has 3 aromatic carbocycles. The van der Waals surface area contributed by atoms with Crippen molar-refractivity contribution < 1.29 is 0 Å². The van der Waals surface area contributed by atoms with Crippen molar-refractivity contribution in [2.24, 2.45) is 4.99 Å². The topological polar surface area (TPSA) is 12.4 Å². The van der Waals surface area contributed by atoms with E-state index in [1.807, 2.05) is 36.4 Å². The van der Waals surface area contributed by atoms with Gasteiger partial charge in [-0.3, -0.25) is 0 Å². The van der Waals surface area contributed by atoms with E-state index in [-0.39, 0.29) is 0 Å². The molecule has 4 heteroatoms. The van der Waals surface area contributed by atoms with Crippen molar-refractivity contribution >= 4 is 46.3 Å². The molecule has 3 rings (SSSR count). The summed E-state index contributed by atoms with van der Waals surface area (Å²) in [6.45, 7) is 2.06. The van der Waals surface area contributed by atoms with E-state index in [0.717, 1.165) is 22.3 Å². The second-order valence-corrected chi connectivity index (χ2v) is 6.68. The lowest BCUT2D eigenvalue weighted by atomic mass is 10.0.